The first-order valence-electron chi connectivity index (χ1n) is 8.55. The van der Waals surface area contributed by atoms with Crippen molar-refractivity contribution in [3.05, 3.63) is 0 Å². The monoisotopic (exact) mass is 326 g/mol. The molecule has 0 spiro atoms. The lowest BCUT2D eigenvalue weighted by atomic mass is 9.95. The van der Waals surface area contributed by atoms with Crippen LogP contribution >= 0.6 is 0 Å². The van der Waals surface area contributed by atoms with Gasteiger partial charge in [-0.1, -0.05) is 20.8 Å². The van der Waals surface area contributed by atoms with Crippen LogP contribution in [0.3, 0.4) is 0 Å². The Labute approximate surface area is 138 Å². The molecule has 2 atom stereocenters. The summed E-state index contributed by atoms with van der Waals surface area (Å²) in [5, 5.41) is 2.81. The molecule has 0 saturated carbocycles. The molecule has 0 aromatic heterocycles. The van der Waals surface area contributed by atoms with Crippen LogP contribution in [0.25, 0.3) is 0 Å². The first-order chi connectivity index (χ1) is 10.9. The Morgan fingerprint density at radius 3 is 2.57 bits per heavy atom. The van der Waals surface area contributed by atoms with Gasteiger partial charge in [-0.15, -0.1) is 0 Å². The molecule has 2 unspecified atom stereocenters. The lowest BCUT2D eigenvalue weighted by Gasteiger charge is -2.33. The maximum atomic E-state index is 12.5. The van der Waals surface area contributed by atoms with Gasteiger partial charge < -0.3 is 15.0 Å². The van der Waals surface area contributed by atoms with Gasteiger partial charge in [-0.25, -0.2) is 4.79 Å². The molecular weight excluding hydrogens is 296 g/mol. The predicted octanol–water partition coefficient (Wildman–Crippen LogP) is 1.73. The van der Waals surface area contributed by atoms with Gasteiger partial charge in [-0.2, -0.15) is 0 Å². The van der Waals surface area contributed by atoms with Gasteiger partial charge in [0.1, 0.15) is 6.04 Å². The Kier molecular flexibility index (Phi) is 8.06. The second kappa shape index (κ2) is 9.53. The normalized spacial score (nSPS) is 19.3. The molecule has 1 heterocycles. The highest BCUT2D eigenvalue weighted by molar-refractivity contribution is 5.86. The van der Waals surface area contributed by atoms with E-state index in [0.29, 0.717) is 19.4 Å². The van der Waals surface area contributed by atoms with Gasteiger partial charge in [0.15, 0.2) is 0 Å². The van der Waals surface area contributed by atoms with E-state index < -0.39 is 12.0 Å². The summed E-state index contributed by atoms with van der Waals surface area (Å²) in [5.74, 6) is -0.439. The fourth-order valence-electron chi connectivity index (χ4n) is 2.91. The van der Waals surface area contributed by atoms with E-state index in [1.165, 1.54) is 7.11 Å². The molecule has 132 valence electrons. The van der Waals surface area contributed by atoms with E-state index in [9.17, 15) is 14.4 Å². The molecule has 1 saturated heterocycles. The lowest BCUT2D eigenvalue weighted by molar-refractivity contribution is -0.147. The van der Waals surface area contributed by atoms with Crippen molar-refractivity contribution in [1.82, 2.24) is 10.2 Å². The molecule has 1 rings (SSSR count). The zero-order valence-corrected chi connectivity index (χ0v) is 14.8. The Bertz CT molecular complexity index is 423. The summed E-state index contributed by atoms with van der Waals surface area (Å²) in [6.45, 7) is 7.12. The summed E-state index contributed by atoms with van der Waals surface area (Å²) in [6, 6.07) is -0.616. The molecule has 1 aliphatic rings. The summed E-state index contributed by atoms with van der Waals surface area (Å²) in [4.78, 5) is 38.1. The molecule has 23 heavy (non-hydrogen) atoms. The van der Waals surface area contributed by atoms with E-state index in [4.69, 9.17) is 4.74 Å². The SMILES string of the molecule is CCCC(=O)N1CCCC(C(=O)NC(CC(C)C)C(=O)OC)C1. The number of likely N-dealkylation sites (tertiary alicyclic amines) is 1. The quantitative estimate of drug-likeness (QED) is 0.723. The number of rotatable bonds is 7. The highest BCUT2D eigenvalue weighted by Crippen LogP contribution is 2.18. The van der Waals surface area contributed by atoms with Crippen molar-refractivity contribution in [1.29, 1.82) is 0 Å². The standard InChI is InChI=1S/C17H30N2O4/c1-5-7-15(20)19-9-6-8-13(11-19)16(21)18-14(10-12(2)3)17(22)23-4/h12-14H,5-11H2,1-4H3,(H,18,21). The molecule has 1 fully saturated rings. The fraction of sp³-hybridized carbons (Fsp3) is 0.824. The van der Waals surface area contributed by atoms with E-state index in [-0.39, 0.29) is 23.7 Å². The summed E-state index contributed by atoms with van der Waals surface area (Å²) < 4.78 is 4.77. The van der Waals surface area contributed by atoms with Crippen molar-refractivity contribution in [2.75, 3.05) is 20.2 Å². The van der Waals surface area contributed by atoms with E-state index in [2.05, 4.69) is 5.32 Å². The van der Waals surface area contributed by atoms with Gasteiger partial charge in [0.25, 0.3) is 0 Å². The first kappa shape index (κ1) is 19.5. The Morgan fingerprint density at radius 2 is 2.00 bits per heavy atom. The van der Waals surface area contributed by atoms with Crippen molar-refractivity contribution in [3.8, 4) is 0 Å². The van der Waals surface area contributed by atoms with E-state index in [1.54, 1.807) is 4.90 Å². The molecule has 2 amide bonds. The second-order valence-electron chi connectivity index (χ2n) is 6.64. The summed E-state index contributed by atoms with van der Waals surface area (Å²) in [7, 11) is 1.33. The molecule has 6 nitrogen and oxygen atoms in total. The smallest absolute Gasteiger partial charge is 0.328 e. The molecule has 0 bridgehead atoms. The summed E-state index contributed by atoms with van der Waals surface area (Å²) >= 11 is 0. The number of carbonyl (C=O) groups is 3. The number of amides is 2. The van der Waals surface area contributed by atoms with Gasteiger partial charge in [-0.3, -0.25) is 9.59 Å². The zero-order valence-electron chi connectivity index (χ0n) is 14.8. The number of esters is 1. The Morgan fingerprint density at radius 1 is 1.30 bits per heavy atom. The molecule has 1 aliphatic heterocycles. The number of nitrogens with one attached hydrogen (secondary N) is 1. The third-order valence-corrected chi connectivity index (χ3v) is 4.12. The minimum Gasteiger partial charge on any atom is -0.467 e. The number of piperidine rings is 1. The Hall–Kier alpha value is -1.59. The van der Waals surface area contributed by atoms with E-state index in [1.807, 2.05) is 20.8 Å². The Balaban J connectivity index is 2.63. The van der Waals surface area contributed by atoms with Crippen molar-refractivity contribution in [3.63, 3.8) is 0 Å². The van der Waals surface area contributed by atoms with Crippen molar-refractivity contribution in [2.24, 2.45) is 11.8 Å². The number of ether oxygens (including phenoxy) is 1. The largest absolute Gasteiger partial charge is 0.467 e. The topological polar surface area (TPSA) is 75.7 Å². The maximum absolute atomic E-state index is 12.5. The molecule has 0 radical (unpaired) electrons. The van der Waals surface area contributed by atoms with E-state index in [0.717, 1.165) is 25.8 Å². The zero-order chi connectivity index (χ0) is 17.4. The van der Waals surface area contributed by atoms with Gasteiger partial charge in [-0.05, 0) is 31.6 Å². The van der Waals surface area contributed by atoms with Gasteiger partial charge in [0, 0.05) is 19.5 Å². The maximum Gasteiger partial charge on any atom is 0.328 e. The highest BCUT2D eigenvalue weighted by atomic mass is 16.5. The number of hydrogen-bond acceptors (Lipinski definition) is 4. The lowest BCUT2D eigenvalue weighted by Crippen LogP contribution is -2.49. The second-order valence-corrected chi connectivity index (χ2v) is 6.64. The highest BCUT2D eigenvalue weighted by Gasteiger charge is 2.31. The number of methoxy groups -OCH3 is 1. The fourth-order valence-corrected chi connectivity index (χ4v) is 2.91. The number of hydrogen-bond donors (Lipinski definition) is 1. The van der Waals surface area contributed by atoms with Crippen LogP contribution in [0.1, 0.15) is 52.9 Å². The van der Waals surface area contributed by atoms with Gasteiger partial charge in [0.2, 0.25) is 11.8 Å². The van der Waals surface area contributed by atoms with Crippen LogP contribution in [-0.2, 0) is 19.1 Å². The van der Waals surface area contributed by atoms with Crippen molar-refractivity contribution >= 4 is 17.8 Å². The predicted molar refractivity (Wildman–Crippen MR) is 87.6 cm³/mol. The van der Waals surface area contributed by atoms with Crippen LogP contribution in [0.15, 0.2) is 0 Å². The van der Waals surface area contributed by atoms with Crippen LogP contribution in [0.4, 0.5) is 0 Å². The van der Waals surface area contributed by atoms with Crippen LogP contribution in [0, 0.1) is 11.8 Å². The average molecular weight is 326 g/mol. The molecule has 0 aliphatic carbocycles. The molecular formula is C17H30N2O4. The summed E-state index contributed by atoms with van der Waals surface area (Å²) in [6.07, 6.45) is 3.44. The molecule has 1 N–H and O–H groups in total. The molecule has 0 aromatic carbocycles. The van der Waals surface area contributed by atoms with Crippen molar-refractivity contribution < 1.29 is 19.1 Å². The third kappa shape index (κ3) is 6.20. The number of nitrogens with zero attached hydrogens (tertiary/aromatic N) is 1. The van der Waals surface area contributed by atoms with Crippen LogP contribution < -0.4 is 5.32 Å². The number of carbonyl (C=O) groups excluding carboxylic acids is 3. The minimum absolute atomic E-state index is 0.108. The van der Waals surface area contributed by atoms with E-state index >= 15 is 0 Å². The van der Waals surface area contributed by atoms with Crippen LogP contribution in [0.2, 0.25) is 0 Å². The van der Waals surface area contributed by atoms with Crippen LogP contribution in [-0.4, -0.2) is 48.9 Å². The van der Waals surface area contributed by atoms with Gasteiger partial charge in [0.05, 0.1) is 13.0 Å². The average Bonchev–Trinajstić information content (AvgIpc) is 2.53. The minimum atomic E-state index is -0.616. The van der Waals surface area contributed by atoms with Crippen molar-refractivity contribution in [2.45, 2.75) is 58.9 Å². The molecule has 6 heteroatoms. The first-order valence-corrected chi connectivity index (χ1v) is 8.55. The van der Waals surface area contributed by atoms with Crippen LogP contribution in [0.5, 0.6) is 0 Å². The van der Waals surface area contributed by atoms with Gasteiger partial charge >= 0.3 is 5.97 Å². The summed E-state index contributed by atoms with van der Waals surface area (Å²) in [5.41, 5.74) is 0. The molecule has 0 aromatic rings. The third-order valence-electron chi connectivity index (χ3n) is 4.12.